The van der Waals surface area contributed by atoms with Crippen molar-refractivity contribution in [3.8, 4) is 11.1 Å². The molecule has 0 bridgehead atoms. The first-order valence-corrected chi connectivity index (χ1v) is 9.71. The Bertz CT molecular complexity index is 787. The van der Waals surface area contributed by atoms with E-state index in [9.17, 15) is 9.18 Å². The Hall–Kier alpha value is -2.24. The summed E-state index contributed by atoms with van der Waals surface area (Å²) in [4.78, 5) is 15.2. The van der Waals surface area contributed by atoms with E-state index < -0.39 is 0 Å². The number of hydrogen-bond acceptors (Lipinski definition) is 3. The summed E-state index contributed by atoms with van der Waals surface area (Å²) in [5, 5.41) is 3.06. The lowest BCUT2D eigenvalue weighted by Gasteiger charge is -2.34. The minimum absolute atomic E-state index is 0.0593. The Balaban J connectivity index is 1.41. The zero-order valence-electron chi connectivity index (χ0n) is 15.4. The molecule has 2 heterocycles. The van der Waals surface area contributed by atoms with Crippen LogP contribution in [0.5, 0.6) is 0 Å². The molecule has 1 amide bonds. The molecule has 2 saturated heterocycles. The van der Waals surface area contributed by atoms with Crippen LogP contribution in [-0.4, -0.2) is 42.6 Å². The second kappa shape index (κ2) is 8.19. The van der Waals surface area contributed by atoms with Crippen LogP contribution >= 0.6 is 0 Å². The van der Waals surface area contributed by atoms with Crippen molar-refractivity contribution in [2.75, 3.05) is 25.1 Å². The van der Waals surface area contributed by atoms with Crippen molar-refractivity contribution in [2.45, 2.75) is 37.8 Å². The number of hydrogen-bond donors (Lipinski definition) is 1. The van der Waals surface area contributed by atoms with Crippen LogP contribution < -0.4 is 5.32 Å². The lowest BCUT2D eigenvalue weighted by molar-refractivity contribution is -0.121. The van der Waals surface area contributed by atoms with Crippen LogP contribution in [-0.2, 0) is 9.53 Å². The van der Waals surface area contributed by atoms with Gasteiger partial charge in [-0.15, -0.1) is 0 Å². The first-order chi connectivity index (χ1) is 13.2. The van der Waals surface area contributed by atoms with E-state index in [1.54, 1.807) is 6.07 Å². The SMILES string of the molecule is O=C(Nc1ccc(-c2cccc(F)c2)cc1)[C@@H]1CCCN1C1CCOCC1. The fraction of sp³-hybridized carbons (Fsp3) is 0.409. The van der Waals surface area contributed by atoms with Gasteiger partial charge in [0, 0.05) is 24.9 Å². The van der Waals surface area contributed by atoms with Crippen LogP contribution in [0.25, 0.3) is 11.1 Å². The first-order valence-electron chi connectivity index (χ1n) is 9.71. The molecule has 2 aromatic rings. The highest BCUT2D eigenvalue weighted by molar-refractivity contribution is 5.95. The topological polar surface area (TPSA) is 41.6 Å². The standard InChI is InChI=1S/C22H25FN2O2/c23-18-4-1-3-17(15-18)16-6-8-19(9-7-16)24-22(26)21-5-2-12-25(21)20-10-13-27-14-11-20/h1,3-4,6-9,15,20-21H,2,5,10-14H2,(H,24,26)/t21-/m0/s1. The number of benzene rings is 2. The van der Waals surface area contributed by atoms with E-state index in [0.717, 1.165) is 62.3 Å². The van der Waals surface area contributed by atoms with Crippen molar-refractivity contribution in [2.24, 2.45) is 0 Å². The second-order valence-electron chi connectivity index (χ2n) is 7.32. The molecule has 0 radical (unpaired) electrons. The fourth-order valence-corrected chi connectivity index (χ4v) is 4.16. The maximum Gasteiger partial charge on any atom is 0.241 e. The van der Waals surface area contributed by atoms with E-state index in [2.05, 4.69) is 10.2 Å². The van der Waals surface area contributed by atoms with Crippen molar-refractivity contribution < 1.29 is 13.9 Å². The van der Waals surface area contributed by atoms with Gasteiger partial charge in [0.1, 0.15) is 5.82 Å². The maximum atomic E-state index is 13.4. The molecule has 4 nitrogen and oxygen atoms in total. The number of halogens is 1. The van der Waals surface area contributed by atoms with Gasteiger partial charge in [-0.05, 0) is 67.6 Å². The number of carbonyl (C=O) groups excluding carboxylic acids is 1. The molecule has 4 rings (SSSR count). The van der Waals surface area contributed by atoms with Gasteiger partial charge in [-0.1, -0.05) is 24.3 Å². The maximum absolute atomic E-state index is 13.4. The Kier molecular flexibility index (Phi) is 5.50. The number of likely N-dealkylation sites (tertiary alicyclic amines) is 1. The van der Waals surface area contributed by atoms with Gasteiger partial charge in [-0.2, -0.15) is 0 Å². The Labute approximate surface area is 159 Å². The number of ether oxygens (including phenoxy) is 1. The van der Waals surface area contributed by atoms with Gasteiger partial charge < -0.3 is 10.1 Å². The monoisotopic (exact) mass is 368 g/mol. The molecule has 0 aromatic heterocycles. The molecule has 1 N–H and O–H groups in total. The summed E-state index contributed by atoms with van der Waals surface area (Å²) in [6.45, 7) is 2.56. The van der Waals surface area contributed by atoms with Crippen LogP contribution in [0.2, 0.25) is 0 Å². The number of amides is 1. The smallest absolute Gasteiger partial charge is 0.241 e. The molecule has 5 heteroatoms. The van der Waals surface area contributed by atoms with E-state index >= 15 is 0 Å². The molecule has 27 heavy (non-hydrogen) atoms. The van der Waals surface area contributed by atoms with Crippen LogP contribution in [0, 0.1) is 5.82 Å². The Morgan fingerprint density at radius 3 is 2.56 bits per heavy atom. The fourth-order valence-electron chi connectivity index (χ4n) is 4.16. The number of nitrogens with one attached hydrogen (secondary N) is 1. The van der Waals surface area contributed by atoms with Gasteiger partial charge in [0.15, 0.2) is 0 Å². The largest absolute Gasteiger partial charge is 0.381 e. The van der Waals surface area contributed by atoms with E-state index in [4.69, 9.17) is 4.74 Å². The third kappa shape index (κ3) is 4.20. The third-order valence-corrected chi connectivity index (χ3v) is 5.57. The summed E-state index contributed by atoms with van der Waals surface area (Å²) < 4.78 is 18.9. The number of anilines is 1. The van der Waals surface area contributed by atoms with E-state index in [-0.39, 0.29) is 17.8 Å². The van der Waals surface area contributed by atoms with Gasteiger partial charge in [0.05, 0.1) is 6.04 Å². The van der Waals surface area contributed by atoms with Crippen LogP contribution in [0.3, 0.4) is 0 Å². The Morgan fingerprint density at radius 1 is 1.04 bits per heavy atom. The summed E-state index contributed by atoms with van der Waals surface area (Å²) in [5.41, 5.74) is 2.53. The lowest BCUT2D eigenvalue weighted by atomic mass is 10.0. The van der Waals surface area contributed by atoms with Crippen molar-refractivity contribution in [3.05, 3.63) is 54.3 Å². The molecule has 2 aliphatic heterocycles. The van der Waals surface area contributed by atoms with E-state index in [0.29, 0.717) is 6.04 Å². The minimum Gasteiger partial charge on any atom is -0.381 e. The van der Waals surface area contributed by atoms with Crippen molar-refractivity contribution in [1.82, 2.24) is 4.90 Å². The zero-order valence-corrected chi connectivity index (χ0v) is 15.4. The molecule has 2 fully saturated rings. The van der Waals surface area contributed by atoms with Crippen molar-refractivity contribution >= 4 is 11.6 Å². The zero-order chi connectivity index (χ0) is 18.6. The molecule has 1 atom stereocenters. The third-order valence-electron chi connectivity index (χ3n) is 5.57. The molecule has 2 aromatic carbocycles. The molecular formula is C22H25FN2O2. The predicted molar refractivity (Wildman–Crippen MR) is 104 cm³/mol. The molecule has 0 unspecified atom stereocenters. The highest BCUT2D eigenvalue weighted by Crippen LogP contribution is 2.27. The van der Waals surface area contributed by atoms with E-state index in [1.807, 2.05) is 30.3 Å². The van der Waals surface area contributed by atoms with Gasteiger partial charge in [-0.3, -0.25) is 9.69 Å². The highest BCUT2D eigenvalue weighted by Gasteiger charge is 2.35. The molecule has 142 valence electrons. The molecule has 0 saturated carbocycles. The lowest BCUT2D eigenvalue weighted by Crippen LogP contribution is -2.47. The summed E-state index contributed by atoms with van der Waals surface area (Å²) >= 11 is 0. The number of nitrogens with zero attached hydrogens (tertiary/aromatic N) is 1. The van der Waals surface area contributed by atoms with Crippen LogP contribution in [0.15, 0.2) is 48.5 Å². The highest BCUT2D eigenvalue weighted by atomic mass is 19.1. The predicted octanol–water partition coefficient (Wildman–Crippen LogP) is 4.07. The Morgan fingerprint density at radius 2 is 1.81 bits per heavy atom. The number of carbonyl (C=O) groups is 1. The molecular weight excluding hydrogens is 343 g/mol. The normalized spacial score (nSPS) is 21.3. The molecule has 2 aliphatic rings. The van der Waals surface area contributed by atoms with Gasteiger partial charge >= 0.3 is 0 Å². The van der Waals surface area contributed by atoms with E-state index in [1.165, 1.54) is 12.1 Å². The second-order valence-corrected chi connectivity index (χ2v) is 7.32. The molecule has 0 spiro atoms. The summed E-state index contributed by atoms with van der Waals surface area (Å²) in [6, 6.07) is 14.5. The summed E-state index contributed by atoms with van der Waals surface area (Å²) in [6.07, 6.45) is 3.98. The van der Waals surface area contributed by atoms with Crippen LogP contribution in [0.4, 0.5) is 10.1 Å². The summed E-state index contributed by atoms with van der Waals surface area (Å²) in [7, 11) is 0. The summed E-state index contributed by atoms with van der Waals surface area (Å²) in [5.74, 6) is -0.184. The number of rotatable bonds is 4. The van der Waals surface area contributed by atoms with Gasteiger partial charge in [0.2, 0.25) is 5.91 Å². The van der Waals surface area contributed by atoms with Gasteiger partial charge in [-0.25, -0.2) is 4.39 Å². The van der Waals surface area contributed by atoms with Crippen molar-refractivity contribution in [3.63, 3.8) is 0 Å². The molecule has 0 aliphatic carbocycles. The average molecular weight is 368 g/mol. The van der Waals surface area contributed by atoms with Crippen LogP contribution in [0.1, 0.15) is 25.7 Å². The minimum atomic E-state index is -0.251. The first kappa shape index (κ1) is 18.1. The van der Waals surface area contributed by atoms with Gasteiger partial charge in [0.25, 0.3) is 0 Å². The van der Waals surface area contributed by atoms with Crippen molar-refractivity contribution in [1.29, 1.82) is 0 Å². The average Bonchev–Trinajstić information content (AvgIpc) is 3.19. The quantitative estimate of drug-likeness (QED) is 0.884.